The maximum absolute atomic E-state index is 12.3. The second kappa shape index (κ2) is 5.28. The number of thiophene rings is 1. The van der Waals surface area contributed by atoms with Crippen molar-refractivity contribution in [3.8, 4) is 0 Å². The Labute approximate surface area is 121 Å². The standard InChI is InChI=1S/C12H12N2O2S3/c1-8-2-3-9(12(13)17)6-11(8)19(15,16)14-10-4-5-18-7-10/h2-7,14H,1H3,(H2,13,17). The van der Waals surface area contributed by atoms with Crippen molar-refractivity contribution in [2.75, 3.05) is 4.72 Å². The van der Waals surface area contributed by atoms with Gasteiger partial charge in [-0.05, 0) is 30.0 Å². The third kappa shape index (κ3) is 3.12. The topological polar surface area (TPSA) is 72.2 Å². The van der Waals surface area contributed by atoms with E-state index in [1.54, 1.807) is 35.9 Å². The SMILES string of the molecule is Cc1ccc(C(N)=S)cc1S(=O)(=O)Nc1ccsc1. The van der Waals surface area contributed by atoms with Gasteiger partial charge in [-0.15, -0.1) is 0 Å². The number of anilines is 1. The molecule has 4 nitrogen and oxygen atoms in total. The van der Waals surface area contributed by atoms with Crippen LogP contribution in [0.5, 0.6) is 0 Å². The monoisotopic (exact) mass is 312 g/mol. The predicted molar refractivity (Wildman–Crippen MR) is 82.2 cm³/mol. The molecular formula is C12H12N2O2S3. The highest BCUT2D eigenvalue weighted by molar-refractivity contribution is 7.92. The molecule has 0 fully saturated rings. The Morgan fingerprint density at radius 3 is 2.68 bits per heavy atom. The molecule has 2 rings (SSSR count). The molecule has 0 spiro atoms. The zero-order chi connectivity index (χ0) is 14.0. The minimum absolute atomic E-state index is 0.173. The maximum Gasteiger partial charge on any atom is 0.262 e. The van der Waals surface area contributed by atoms with Gasteiger partial charge in [0.15, 0.2) is 0 Å². The number of thiocarbonyl (C=S) groups is 1. The summed E-state index contributed by atoms with van der Waals surface area (Å²) in [6, 6.07) is 6.60. The van der Waals surface area contributed by atoms with Gasteiger partial charge in [-0.2, -0.15) is 11.3 Å². The first-order chi connectivity index (χ1) is 8.90. The highest BCUT2D eigenvalue weighted by Crippen LogP contribution is 2.22. The second-order valence-electron chi connectivity index (χ2n) is 3.96. The highest BCUT2D eigenvalue weighted by atomic mass is 32.2. The number of benzene rings is 1. The first-order valence-electron chi connectivity index (χ1n) is 5.35. The Hall–Kier alpha value is -1.44. The molecule has 0 amide bonds. The van der Waals surface area contributed by atoms with Crippen LogP contribution in [0.4, 0.5) is 5.69 Å². The fraction of sp³-hybridized carbons (Fsp3) is 0.0833. The minimum atomic E-state index is -3.63. The van der Waals surface area contributed by atoms with Crippen molar-refractivity contribution in [1.82, 2.24) is 0 Å². The van der Waals surface area contributed by atoms with Crippen LogP contribution in [0.3, 0.4) is 0 Å². The zero-order valence-corrected chi connectivity index (χ0v) is 12.5. The molecule has 1 aromatic carbocycles. The van der Waals surface area contributed by atoms with Crippen LogP contribution >= 0.6 is 23.6 Å². The Morgan fingerprint density at radius 2 is 2.11 bits per heavy atom. The molecule has 3 N–H and O–H groups in total. The van der Waals surface area contributed by atoms with Gasteiger partial charge >= 0.3 is 0 Å². The van der Waals surface area contributed by atoms with Crippen LogP contribution in [0.1, 0.15) is 11.1 Å². The molecule has 0 aliphatic heterocycles. The van der Waals surface area contributed by atoms with E-state index in [2.05, 4.69) is 4.72 Å². The molecule has 100 valence electrons. The van der Waals surface area contributed by atoms with Crippen molar-refractivity contribution in [2.24, 2.45) is 5.73 Å². The summed E-state index contributed by atoms with van der Waals surface area (Å²) >= 11 is 6.29. The Balaban J connectivity index is 2.45. The van der Waals surface area contributed by atoms with Crippen molar-refractivity contribution < 1.29 is 8.42 Å². The van der Waals surface area contributed by atoms with Gasteiger partial charge in [0, 0.05) is 10.9 Å². The van der Waals surface area contributed by atoms with Crippen LogP contribution in [-0.4, -0.2) is 13.4 Å². The van der Waals surface area contributed by atoms with Crippen LogP contribution in [0.25, 0.3) is 0 Å². The summed E-state index contributed by atoms with van der Waals surface area (Å²) in [5.74, 6) is 0. The van der Waals surface area contributed by atoms with Crippen molar-refractivity contribution >= 4 is 44.3 Å². The van der Waals surface area contributed by atoms with Crippen LogP contribution in [0, 0.1) is 6.92 Å². The number of hydrogen-bond acceptors (Lipinski definition) is 4. The third-order valence-electron chi connectivity index (χ3n) is 2.54. The largest absolute Gasteiger partial charge is 0.389 e. The summed E-state index contributed by atoms with van der Waals surface area (Å²) in [6.07, 6.45) is 0. The summed E-state index contributed by atoms with van der Waals surface area (Å²) in [7, 11) is -3.63. The summed E-state index contributed by atoms with van der Waals surface area (Å²) in [5.41, 5.74) is 7.25. The van der Waals surface area contributed by atoms with Gasteiger partial charge in [-0.3, -0.25) is 4.72 Å². The first-order valence-corrected chi connectivity index (χ1v) is 8.19. The van der Waals surface area contributed by atoms with Crippen LogP contribution in [0.2, 0.25) is 0 Å². The molecule has 0 saturated heterocycles. The lowest BCUT2D eigenvalue weighted by Crippen LogP contribution is -2.16. The smallest absolute Gasteiger partial charge is 0.262 e. The third-order valence-corrected chi connectivity index (χ3v) is 4.98. The lowest BCUT2D eigenvalue weighted by molar-refractivity contribution is 0.600. The Morgan fingerprint density at radius 1 is 1.37 bits per heavy atom. The fourth-order valence-corrected chi connectivity index (χ4v) is 3.69. The van der Waals surface area contributed by atoms with Crippen LogP contribution in [-0.2, 0) is 10.0 Å². The van der Waals surface area contributed by atoms with E-state index in [1.807, 2.05) is 0 Å². The summed E-state index contributed by atoms with van der Waals surface area (Å²) < 4.78 is 27.1. The molecule has 1 heterocycles. The summed E-state index contributed by atoms with van der Waals surface area (Å²) in [6.45, 7) is 1.73. The van der Waals surface area contributed by atoms with E-state index >= 15 is 0 Å². The quantitative estimate of drug-likeness (QED) is 0.851. The van der Waals surface area contributed by atoms with E-state index in [0.29, 0.717) is 16.8 Å². The average Bonchev–Trinajstić information content (AvgIpc) is 2.81. The van der Waals surface area contributed by atoms with Crippen LogP contribution < -0.4 is 10.5 Å². The molecule has 0 atom stereocenters. The molecule has 0 aliphatic rings. The van der Waals surface area contributed by atoms with E-state index < -0.39 is 10.0 Å². The zero-order valence-electron chi connectivity index (χ0n) is 10.1. The molecule has 0 radical (unpaired) electrons. The number of nitrogens with one attached hydrogen (secondary N) is 1. The number of aryl methyl sites for hydroxylation is 1. The van der Waals surface area contributed by atoms with E-state index in [0.717, 1.165) is 0 Å². The van der Waals surface area contributed by atoms with Crippen molar-refractivity contribution in [3.05, 3.63) is 46.2 Å². The fourth-order valence-electron chi connectivity index (χ4n) is 1.58. The number of hydrogen-bond donors (Lipinski definition) is 2. The van der Waals surface area contributed by atoms with Gasteiger partial charge in [0.1, 0.15) is 4.99 Å². The molecule has 7 heteroatoms. The number of sulfonamides is 1. The van der Waals surface area contributed by atoms with E-state index in [9.17, 15) is 8.42 Å². The van der Waals surface area contributed by atoms with Gasteiger partial charge in [-0.1, -0.05) is 24.4 Å². The van der Waals surface area contributed by atoms with Gasteiger partial charge in [0.25, 0.3) is 10.0 Å². The van der Waals surface area contributed by atoms with E-state index in [1.165, 1.54) is 17.4 Å². The van der Waals surface area contributed by atoms with E-state index in [4.69, 9.17) is 18.0 Å². The highest BCUT2D eigenvalue weighted by Gasteiger charge is 2.18. The normalized spacial score (nSPS) is 11.2. The second-order valence-corrected chi connectivity index (χ2v) is 6.83. The van der Waals surface area contributed by atoms with Crippen molar-refractivity contribution in [1.29, 1.82) is 0 Å². The first kappa shape index (κ1) is 14.0. The van der Waals surface area contributed by atoms with Crippen molar-refractivity contribution in [3.63, 3.8) is 0 Å². The van der Waals surface area contributed by atoms with Gasteiger partial charge in [0.2, 0.25) is 0 Å². The molecule has 0 bridgehead atoms. The maximum atomic E-state index is 12.3. The van der Waals surface area contributed by atoms with Crippen molar-refractivity contribution in [2.45, 2.75) is 11.8 Å². The molecule has 0 unspecified atom stereocenters. The predicted octanol–water partition coefficient (Wildman–Crippen LogP) is 2.49. The molecule has 0 aliphatic carbocycles. The average molecular weight is 312 g/mol. The van der Waals surface area contributed by atoms with Gasteiger partial charge < -0.3 is 5.73 Å². The lowest BCUT2D eigenvalue weighted by Gasteiger charge is -2.10. The molecule has 1 aromatic heterocycles. The summed E-state index contributed by atoms with van der Waals surface area (Å²) in [4.78, 5) is 0.357. The molecular weight excluding hydrogens is 300 g/mol. The summed E-state index contributed by atoms with van der Waals surface area (Å²) in [5, 5.41) is 3.53. The number of nitrogens with two attached hydrogens (primary N) is 1. The van der Waals surface area contributed by atoms with E-state index in [-0.39, 0.29) is 9.88 Å². The Kier molecular flexibility index (Phi) is 3.88. The van der Waals surface area contributed by atoms with Gasteiger partial charge in [-0.25, -0.2) is 8.42 Å². The minimum Gasteiger partial charge on any atom is -0.389 e. The molecule has 2 aromatic rings. The lowest BCUT2D eigenvalue weighted by atomic mass is 10.1. The number of rotatable bonds is 4. The molecule has 19 heavy (non-hydrogen) atoms. The van der Waals surface area contributed by atoms with Crippen LogP contribution in [0.15, 0.2) is 39.9 Å². The Bertz CT molecular complexity index is 707. The molecule has 0 saturated carbocycles. The van der Waals surface area contributed by atoms with Gasteiger partial charge in [0.05, 0.1) is 10.6 Å².